The highest BCUT2D eigenvalue weighted by Gasteiger charge is 2.22. The maximum absolute atomic E-state index is 14.0. The van der Waals surface area contributed by atoms with Crippen molar-refractivity contribution in [1.29, 1.82) is 0 Å². The Labute approximate surface area is 217 Å². The number of primary amides is 1. The molecular weight excluding hydrogens is 479 g/mol. The summed E-state index contributed by atoms with van der Waals surface area (Å²) in [5.74, 6) is -1.44. The largest absolute Gasteiger partial charge is 0.368 e. The highest BCUT2D eigenvalue weighted by Crippen LogP contribution is 2.31. The molecular formula is C31H23FN4O2. The topological polar surface area (TPSA) is 101 Å². The lowest BCUT2D eigenvalue weighted by Gasteiger charge is -2.17. The number of benzene rings is 4. The third-order valence-corrected chi connectivity index (χ3v) is 6.78. The lowest BCUT2D eigenvalue weighted by atomic mass is 10.00. The molecule has 0 aliphatic heterocycles. The number of fused-ring (bicyclic) bond motifs is 3. The van der Waals surface area contributed by atoms with Gasteiger partial charge >= 0.3 is 0 Å². The van der Waals surface area contributed by atoms with Crippen molar-refractivity contribution in [3.05, 3.63) is 114 Å². The summed E-state index contributed by atoms with van der Waals surface area (Å²) in [6, 6.07) is 26.3. The van der Waals surface area contributed by atoms with Crippen LogP contribution in [0.3, 0.4) is 0 Å². The minimum atomic E-state index is -0.916. The summed E-state index contributed by atoms with van der Waals surface area (Å²) in [5.41, 5.74) is 9.48. The minimum absolute atomic E-state index is 0.253. The first-order chi connectivity index (χ1) is 18.5. The van der Waals surface area contributed by atoms with Gasteiger partial charge in [0.15, 0.2) is 0 Å². The van der Waals surface area contributed by atoms with E-state index in [0.717, 1.165) is 21.9 Å². The van der Waals surface area contributed by atoms with Crippen LogP contribution in [0, 0.1) is 5.82 Å². The average Bonchev–Trinajstić information content (AvgIpc) is 3.35. The molecule has 6 aromatic rings. The molecule has 0 aliphatic carbocycles. The van der Waals surface area contributed by atoms with Crippen molar-refractivity contribution < 1.29 is 14.0 Å². The van der Waals surface area contributed by atoms with E-state index in [1.165, 1.54) is 12.1 Å². The maximum Gasteiger partial charge on any atom is 0.252 e. The van der Waals surface area contributed by atoms with Crippen molar-refractivity contribution in [3.63, 3.8) is 0 Å². The number of para-hydroxylation sites is 1. The smallest absolute Gasteiger partial charge is 0.252 e. The molecule has 2 heterocycles. The van der Waals surface area contributed by atoms with Crippen LogP contribution in [0.2, 0.25) is 0 Å². The number of carbonyl (C=O) groups is 2. The van der Waals surface area contributed by atoms with Gasteiger partial charge in [-0.25, -0.2) is 9.37 Å². The Bertz CT molecular complexity index is 1860. The second-order valence-electron chi connectivity index (χ2n) is 9.28. The predicted octanol–water partition coefficient (Wildman–Crippen LogP) is 5.50. The van der Waals surface area contributed by atoms with Crippen LogP contribution in [-0.4, -0.2) is 27.8 Å². The van der Waals surface area contributed by atoms with Crippen molar-refractivity contribution in [1.82, 2.24) is 15.3 Å². The zero-order chi connectivity index (χ0) is 26.2. The molecule has 0 fully saturated rings. The summed E-state index contributed by atoms with van der Waals surface area (Å²) in [5, 5.41) is 6.25. The number of nitrogens with one attached hydrogen (secondary N) is 2. The molecule has 1 unspecified atom stereocenters. The zero-order valence-electron chi connectivity index (χ0n) is 20.2. The molecule has 0 spiro atoms. The summed E-state index contributed by atoms with van der Waals surface area (Å²) < 4.78 is 14.0. The number of H-pyrrole nitrogens is 1. The van der Waals surface area contributed by atoms with Crippen molar-refractivity contribution in [2.75, 3.05) is 0 Å². The van der Waals surface area contributed by atoms with Gasteiger partial charge in [0, 0.05) is 34.5 Å². The molecule has 0 saturated carbocycles. The molecule has 1 atom stereocenters. The van der Waals surface area contributed by atoms with Crippen LogP contribution in [0.5, 0.6) is 0 Å². The Morgan fingerprint density at radius 3 is 2.53 bits per heavy atom. The normalized spacial score (nSPS) is 12.1. The number of aromatic amines is 1. The molecule has 0 bridgehead atoms. The number of amides is 2. The molecule has 186 valence electrons. The van der Waals surface area contributed by atoms with Gasteiger partial charge in [0.05, 0.1) is 16.8 Å². The number of nitrogens with two attached hydrogens (primary N) is 1. The number of hydrogen-bond acceptors (Lipinski definition) is 3. The number of aromatic nitrogens is 2. The Morgan fingerprint density at radius 2 is 1.68 bits per heavy atom. The van der Waals surface area contributed by atoms with Crippen molar-refractivity contribution >= 4 is 44.4 Å². The summed E-state index contributed by atoms with van der Waals surface area (Å²) in [4.78, 5) is 33.9. The van der Waals surface area contributed by atoms with E-state index in [4.69, 9.17) is 10.7 Å². The fraction of sp³-hybridized carbons (Fsp3) is 0.0645. The number of carbonyl (C=O) groups excluding carboxylic acids is 2. The van der Waals surface area contributed by atoms with E-state index in [2.05, 4.69) is 10.3 Å². The van der Waals surface area contributed by atoms with Gasteiger partial charge in [0.1, 0.15) is 11.9 Å². The summed E-state index contributed by atoms with van der Waals surface area (Å²) >= 11 is 0. The van der Waals surface area contributed by atoms with Gasteiger partial charge in [-0.1, -0.05) is 60.7 Å². The van der Waals surface area contributed by atoms with Crippen LogP contribution in [-0.2, 0) is 11.2 Å². The van der Waals surface area contributed by atoms with Crippen LogP contribution in [0.15, 0.2) is 97.2 Å². The standard InChI is InChI=1S/C31H23FN4O2/c32-21-11-12-26-23(15-21)25(17-34-26)28-16-24(22-7-3-4-8-27(22)35-28)31(38)36-29(30(33)37)14-18-9-10-19-5-1-2-6-20(19)13-18/h1-13,15-17,29,34H,14H2,(H2,33,37)(H,36,38). The van der Waals surface area contributed by atoms with Crippen LogP contribution < -0.4 is 11.1 Å². The Balaban J connectivity index is 1.37. The van der Waals surface area contributed by atoms with Crippen molar-refractivity contribution in [3.8, 4) is 11.3 Å². The van der Waals surface area contributed by atoms with Crippen LogP contribution in [0.4, 0.5) is 4.39 Å². The first-order valence-electron chi connectivity index (χ1n) is 12.2. The van der Waals surface area contributed by atoms with Gasteiger partial charge in [-0.05, 0) is 46.7 Å². The Hall–Kier alpha value is -5.04. The molecule has 0 radical (unpaired) electrons. The van der Waals surface area contributed by atoms with Gasteiger partial charge in [-0.15, -0.1) is 0 Å². The second-order valence-corrected chi connectivity index (χ2v) is 9.28. The van der Waals surface area contributed by atoms with E-state index in [9.17, 15) is 14.0 Å². The molecule has 6 nitrogen and oxygen atoms in total. The van der Waals surface area contributed by atoms with E-state index < -0.39 is 17.9 Å². The molecule has 6 rings (SSSR count). The first-order valence-corrected chi connectivity index (χ1v) is 12.2. The van der Waals surface area contributed by atoms with E-state index in [1.54, 1.807) is 24.4 Å². The van der Waals surface area contributed by atoms with Gasteiger partial charge in [0.25, 0.3) is 5.91 Å². The van der Waals surface area contributed by atoms with Gasteiger partial charge in [-0.2, -0.15) is 0 Å². The van der Waals surface area contributed by atoms with Crippen LogP contribution in [0.1, 0.15) is 15.9 Å². The maximum atomic E-state index is 14.0. The number of rotatable bonds is 6. The van der Waals surface area contributed by atoms with Crippen LogP contribution >= 0.6 is 0 Å². The highest BCUT2D eigenvalue weighted by molar-refractivity contribution is 6.09. The van der Waals surface area contributed by atoms with Gasteiger partial charge in [-0.3, -0.25) is 9.59 Å². The molecule has 4 aromatic carbocycles. The third-order valence-electron chi connectivity index (χ3n) is 6.78. The molecule has 0 aliphatic rings. The number of halogens is 1. The second kappa shape index (κ2) is 9.44. The summed E-state index contributed by atoms with van der Waals surface area (Å²) in [7, 11) is 0. The SMILES string of the molecule is NC(=O)C(Cc1ccc2ccccc2c1)NC(=O)c1cc(-c2c[nH]c3ccc(F)cc23)nc2ccccc12. The summed E-state index contributed by atoms with van der Waals surface area (Å²) in [6.07, 6.45) is 2.00. The van der Waals surface area contributed by atoms with Gasteiger partial charge < -0.3 is 16.0 Å². The number of hydrogen-bond donors (Lipinski definition) is 3. The lowest BCUT2D eigenvalue weighted by molar-refractivity contribution is -0.119. The monoisotopic (exact) mass is 502 g/mol. The quantitative estimate of drug-likeness (QED) is 0.280. The predicted molar refractivity (Wildman–Crippen MR) is 147 cm³/mol. The lowest BCUT2D eigenvalue weighted by Crippen LogP contribution is -2.45. The van der Waals surface area contributed by atoms with E-state index in [1.807, 2.05) is 60.7 Å². The molecule has 4 N–H and O–H groups in total. The minimum Gasteiger partial charge on any atom is -0.368 e. The number of pyridine rings is 1. The van der Waals surface area contributed by atoms with E-state index in [-0.39, 0.29) is 12.2 Å². The zero-order valence-corrected chi connectivity index (χ0v) is 20.2. The molecule has 0 saturated heterocycles. The molecule has 38 heavy (non-hydrogen) atoms. The van der Waals surface area contributed by atoms with Crippen molar-refractivity contribution in [2.24, 2.45) is 5.73 Å². The van der Waals surface area contributed by atoms with E-state index >= 15 is 0 Å². The third kappa shape index (κ3) is 4.35. The van der Waals surface area contributed by atoms with Gasteiger partial charge in [0.2, 0.25) is 5.91 Å². The van der Waals surface area contributed by atoms with Crippen molar-refractivity contribution in [2.45, 2.75) is 12.5 Å². The number of nitrogens with zero attached hydrogens (tertiary/aromatic N) is 1. The highest BCUT2D eigenvalue weighted by atomic mass is 19.1. The average molecular weight is 503 g/mol. The van der Waals surface area contributed by atoms with Crippen LogP contribution in [0.25, 0.3) is 43.8 Å². The first kappa shape index (κ1) is 23.4. The summed E-state index contributed by atoms with van der Waals surface area (Å²) in [6.45, 7) is 0. The Morgan fingerprint density at radius 1 is 0.895 bits per heavy atom. The fourth-order valence-corrected chi connectivity index (χ4v) is 4.87. The molecule has 2 amide bonds. The molecule has 2 aromatic heterocycles. The fourth-order valence-electron chi connectivity index (χ4n) is 4.87. The molecule has 7 heteroatoms. The Kier molecular flexibility index (Phi) is 5.81. The van der Waals surface area contributed by atoms with E-state index in [0.29, 0.717) is 33.1 Å².